The molecule has 1 fully saturated rings. The van der Waals surface area contributed by atoms with E-state index in [9.17, 15) is 9.59 Å². The maximum atomic E-state index is 12.4. The maximum absolute atomic E-state index is 12.4. The first kappa shape index (κ1) is 20.5. The van der Waals surface area contributed by atoms with Crippen molar-refractivity contribution in [1.82, 2.24) is 15.1 Å². The maximum Gasteiger partial charge on any atom is 0.410 e. The molecule has 2 atom stereocenters. The fourth-order valence-electron chi connectivity index (χ4n) is 2.66. The van der Waals surface area contributed by atoms with E-state index in [-0.39, 0.29) is 24.2 Å². The number of methoxy groups -OCH3 is 1. The third kappa shape index (κ3) is 6.55. The zero-order valence-corrected chi connectivity index (χ0v) is 15.9. The largest absolute Gasteiger partial charge is 0.444 e. The highest BCUT2D eigenvalue weighted by Crippen LogP contribution is 2.20. The summed E-state index contributed by atoms with van der Waals surface area (Å²) < 4.78 is 10.6. The molecule has 1 saturated heterocycles. The molecule has 140 valence electrons. The van der Waals surface area contributed by atoms with Crippen LogP contribution in [0.15, 0.2) is 0 Å². The average Bonchev–Trinajstić information content (AvgIpc) is 2.50. The molecule has 0 aromatic carbocycles. The number of hydrogen-bond acceptors (Lipinski definition) is 4. The highest BCUT2D eigenvalue weighted by atomic mass is 16.6. The fraction of sp³-hybridized carbons (Fsp3) is 0.882. The van der Waals surface area contributed by atoms with Gasteiger partial charge in [0, 0.05) is 27.2 Å². The number of hydrogen-bond donors (Lipinski definition) is 1. The Kier molecular flexibility index (Phi) is 7.79. The summed E-state index contributed by atoms with van der Waals surface area (Å²) in [6, 6.07) is -0.193. The average molecular weight is 343 g/mol. The van der Waals surface area contributed by atoms with Crippen molar-refractivity contribution < 1.29 is 19.1 Å². The molecule has 0 aromatic heterocycles. The Morgan fingerprint density at radius 1 is 1.33 bits per heavy atom. The summed E-state index contributed by atoms with van der Waals surface area (Å²) in [5.41, 5.74) is -0.516. The number of likely N-dealkylation sites (tertiary alicyclic amines) is 1. The van der Waals surface area contributed by atoms with Gasteiger partial charge in [-0.3, -0.25) is 0 Å². The second kappa shape index (κ2) is 9.11. The first-order chi connectivity index (χ1) is 11.2. The summed E-state index contributed by atoms with van der Waals surface area (Å²) >= 11 is 0. The molecule has 24 heavy (non-hydrogen) atoms. The molecule has 2 unspecified atom stereocenters. The van der Waals surface area contributed by atoms with Crippen molar-refractivity contribution >= 4 is 12.1 Å². The molecule has 0 spiro atoms. The van der Waals surface area contributed by atoms with Gasteiger partial charge in [-0.1, -0.05) is 0 Å². The minimum absolute atomic E-state index is 0.0108. The highest BCUT2D eigenvalue weighted by molar-refractivity contribution is 5.74. The van der Waals surface area contributed by atoms with Crippen LogP contribution in [0.3, 0.4) is 0 Å². The number of rotatable bonds is 5. The van der Waals surface area contributed by atoms with E-state index in [0.29, 0.717) is 19.7 Å². The lowest BCUT2D eigenvalue weighted by atomic mass is 10.0. The third-order valence-electron chi connectivity index (χ3n) is 4.13. The normalized spacial score (nSPS) is 19.6. The van der Waals surface area contributed by atoms with Crippen molar-refractivity contribution in [3.8, 4) is 0 Å². The van der Waals surface area contributed by atoms with Gasteiger partial charge in [0.2, 0.25) is 0 Å². The predicted molar refractivity (Wildman–Crippen MR) is 93.1 cm³/mol. The van der Waals surface area contributed by atoms with Crippen molar-refractivity contribution in [2.24, 2.45) is 0 Å². The smallest absolute Gasteiger partial charge is 0.410 e. The zero-order valence-electron chi connectivity index (χ0n) is 15.9. The minimum Gasteiger partial charge on any atom is -0.444 e. The summed E-state index contributed by atoms with van der Waals surface area (Å²) in [7, 11) is 3.36. The van der Waals surface area contributed by atoms with Gasteiger partial charge in [-0.25, -0.2) is 9.59 Å². The highest BCUT2D eigenvalue weighted by Gasteiger charge is 2.31. The molecule has 1 rings (SSSR count). The Morgan fingerprint density at radius 3 is 2.58 bits per heavy atom. The number of carbonyl (C=O) groups excluding carboxylic acids is 2. The van der Waals surface area contributed by atoms with Crippen LogP contribution in [0.1, 0.15) is 47.0 Å². The molecular weight excluding hydrogens is 310 g/mol. The number of likely N-dealkylation sites (N-methyl/N-ethyl adjacent to an activating group) is 1. The van der Waals surface area contributed by atoms with E-state index in [1.807, 2.05) is 27.7 Å². The van der Waals surface area contributed by atoms with Crippen LogP contribution in [-0.2, 0) is 9.47 Å². The molecular formula is C17H33N3O4. The Bertz CT molecular complexity index is 423. The van der Waals surface area contributed by atoms with Crippen LogP contribution in [-0.4, -0.2) is 73.5 Å². The summed E-state index contributed by atoms with van der Waals surface area (Å²) in [5.74, 6) is 0. The van der Waals surface area contributed by atoms with Gasteiger partial charge in [0.1, 0.15) is 5.60 Å². The van der Waals surface area contributed by atoms with E-state index in [2.05, 4.69) is 5.32 Å². The van der Waals surface area contributed by atoms with Crippen molar-refractivity contribution in [3.05, 3.63) is 0 Å². The van der Waals surface area contributed by atoms with E-state index < -0.39 is 5.60 Å². The molecule has 0 aromatic rings. The number of piperidine rings is 1. The van der Waals surface area contributed by atoms with Gasteiger partial charge in [0.25, 0.3) is 0 Å². The van der Waals surface area contributed by atoms with E-state index in [0.717, 1.165) is 19.3 Å². The number of carbonyl (C=O) groups is 2. The second-order valence-corrected chi connectivity index (χ2v) is 7.42. The lowest BCUT2D eigenvalue weighted by Gasteiger charge is -2.37. The zero-order chi connectivity index (χ0) is 18.3. The molecule has 1 aliphatic rings. The van der Waals surface area contributed by atoms with E-state index in [1.54, 1.807) is 24.0 Å². The van der Waals surface area contributed by atoms with Crippen molar-refractivity contribution in [1.29, 1.82) is 0 Å². The van der Waals surface area contributed by atoms with Gasteiger partial charge in [0.05, 0.1) is 18.7 Å². The SMILES string of the molecule is COCC(C)N(C)C(=O)NCC1CCCCN1C(=O)OC(C)(C)C. The number of nitrogens with zero attached hydrogens (tertiary/aromatic N) is 2. The molecule has 3 amide bonds. The molecule has 7 heteroatoms. The number of nitrogens with one attached hydrogen (secondary N) is 1. The van der Waals surface area contributed by atoms with Crippen molar-refractivity contribution in [3.63, 3.8) is 0 Å². The van der Waals surface area contributed by atoms with Crippen molar-refractivity contribution in [2.75, 3.05) is 33.9 Å². The Hall–Kier alpha value is -1.50. The number of amides is 3. The summed E-state index contributed by atoms with van der Waals surface area (Å²) in [6.07, 6.45) is 2.59. The van der Waals surface area contributed by atoms with Gasteiger partial charge in [0.15, 0.2) is 0 Å². The molecule has 1 aliphatic heterocycles. The monoisotopic (exact) mass is 343 g/mol. The molecule has 0 aliphatic carbocycles. The van der Waals surface area contributed by atoms with Crippen LogP contribution >= 0.6 is 0 Å². The Morgan fingerprint density at radius 2 is 2.00 bits per heavy atom. The number of ether oxygens (including phenoxy) is 2. The quantitative estimate of drug-likeness (QED) is 0.832. The van der Waals surface area contributed by atoms with Gasteiger partial charge < -0.3 is 24.6 Å². The van der Waals surface area contributed by atoms with Crippen LogP contribution in [0.4, 0.5) is 9.59 Å². The van der Waals surface area contributed by atoms with E-state index >= 15 is 0 Å². The lowest BCUT2D eigenvalue weighted by Crippen LogP contribution is -2.53. The van der Waals surface area contributed by atoms with E-state index in [4.69, 9.17) is 9.47 Å². The standard InChI is InChI=1S/C17H33N3O4/c1-13(12-23-6)19(5)15(21)18-11-14-9-7-8-10-20(14)16(22)24-17(2,3)4/h13-14H,7-12H2,1-6H3,(H,18,21). The number of urea groups is 1. The van der Waals surface area contributed by atoms with Crippen LogP contribution in [0.25, 0.3) is 0 Å². The molecule has 1 N–H and O–H groups in total. The van der Waals surface area contributed by atoms with Gasteiger partial charge in [-0.2, -0.15) is 0 Å². The Balaban J connectivity index is 2.57. The van der Waals surface area contributed by atoms with Crippen LogP contribution in [0.2, 0.25) is 0 Å². The summed E-state index contributed by atoms with van der Waals surface area (Å²) in [5, 5.41) is 2.92. The van der Waals surface area contributed by atoms with Gasteiger partial charge >= 0.3 is 12.1 Å². The third-order valence-corrected chi connectivity index (χ3v) is 4.13. The predicted octanol–water partition coefficient (Wildman–Crippen LogP) is 2.45. The van der Waals surface area contributed by atoms with Crippen LogP contribution in [0.5, 0.6) is 0 Å². The van der Waals surface area contributed by atoms with Crippen molar-refractivity contribution in [2.45, 2.75) is 64.6 Å². The molecule has 1 heterocycles. The molecule has 0 saturated carbocycles. The minimum atomic E-state index is -0.516. The lowest BCUT2D eigenvalue weighted by molar-refractivity contribution is 0.01000. The Labute approximate surface area is 145 Å². The second-order valence-electron chi connectivity index (χ2n) is 7.42. The molecule has 7 nitrogen and oxygen atoms in total. The molecule has 0 radical (unpaired) electrons. The van der Waals surface area contributed by atoms with Gasteiger partial charge in [-0.05, 0) is 47.0 Å². The first-order valence-electron chi connectivity index (χ1n) is 8.65. The molecule has 0 bridgehead atoms. The van der Waals surface area contributed by atoms with Gasteiger partial charge in [-0.15, -0.1) is 0 Å². The first-order valence-corrected chi connectivity index (χ1v) is 8.65. The van der Waals surface area contributed by atoms with E-state index in [1.165, 1.54) is 0 Å². The van der Waals surface area contributed by atoms with Crippen LogP contribution < -0.4 is 5.32 Å². The summed E-state index contributed by atoms with van der Waals surface area (Å²) in [4.78, 5) is 28.0. The topological polar surface area (TPSA) is 71.1 Å². The fourth-order valence-corrected chi connectivity index (χ4v) is 2.66. The summed E-state index contributed by atoms with van der Waals surface area (Å²) in [6.45, 7) is 9.09. The van der Waals surface area contributed by atoms with Crippen LogP contribution in [0, 0.1) is 0 Å².